The van der Waals surface area contributed by atoms with E-state index in [1.807, 2.05) is 38.1 Å². The number of alkyl halides is 2. The number of nitrogens with zero attached hydrogens (tertiary/aromatic N) is 3. The molecule has 0 bridgehead atoms. The highest BCUT2D eigenvalue weighted by molar-refractivity contribution is 5.72. The maximum absolute atomic E-state index is 13.1. The van der Waals surface area contributed by atoms with Gasteiger partial charge in [0.1, 0.15) is 18.2 Å². The highest BCUT2D eigenvalue weighted by Gasteiger charge is 2.32. The number of nitrogens with one attached hydrogen (secondary N) is 1. The van der Waals surface area contributed by atoms with Gasteiger partial charge in [-0.3, -0.25) is 9.78 Å². The number of anilines is 2. The van der Waals surface area contributed by atoms with Gasteiger partial charge in [0.05, 0.1) is 38.0 Å². The van der Waals surface area contributed by atoms with Gasteiger partial charge in [0.2, 0.25) is 0 Å². The first-order valence-electron chi connectivity index (χ1n) is 14.8. The van der Waals surface area contributed by atoms with E-state index in [-0.39, 0.29) is 48.3 Å². The molecule has 0 aliphatic heterocycles. The maximum Gasteiger partial charge on any atom is 0.309 e. The second-order valence-corrected chi connectivity index (χ2v) is 10.7. The van der Waals surface area contributed by atoms with Crippen molar-refractivity contribution in [2.24, 2.45) is 11.8 Å². The summed E-state index contributed by atoms with van der Waals surface area (Å²) in [6, 6.07) is 10.1. The Bertz CT molecular complexity index is 1300. The number of hydrogen-bond acceptors (Lipinski definition) is 9. The number of rotatable bonds is 15. The number of aromatic nitrogens is 3. The summed E-state index contributed by atoms with van der Waals surface area (Å²) in [4.78, 5) is 25.9. The Morgan fingerprint density at radius 3 is 2.47 bits per heavy atom. The van der Waals surface area contributed by atoms with Gasteiger partial charge in [-0.05, 0) is 87.4 Å². The van der Waals surface area contributed by atoms with E-state index in [1.165, 1.54) is 18.3 Å². The molecule has 43 heavy (non-hydrogen) atoms. The maximum atomic E-state index is 13.1. The number of ether oxygens (including phenoxy) is 3. The zero-order chi connectivity index (χ0) is 30.6. The zero-order valence-corrected chi connectivity index (χ0v) is 24.7. The summed E-state index contributed by atoms with van der Waals surface area (Å²) < 4.78 is 42.2. The molecule has 2 N–H and O–H groups in total. The van der Waals surface area contributed by atoms with E-state index in [9.17, 15) is 18.7 Å². The summed E-state index contributed by atoms with van der Waals surface area (Å²) in [5.74, 6) is 0.505. The molecule has 1 aliphatic carbocycles. The van der Waals surface area contributed by atoms with E-state index in [0.717, 1.165) is 29.7 Å². The van der Waals surface area contributed by atoms with Crippen LogP contribution in [-0.4, -0.2) is 65.7 Å². The smallest absolute Gasteiger partial charge is 0.309 e. The van der Waals surface area contributed by atoms with Crippen molar-refractivity contribution < 1.29 is 32.9 Å². The summed E-state index contributed by atoms with van der Waals surface area (Å²) in [5.41, 5.74) is 3.06. The summed E-state index contributed by atoms with van der Waals surface area (Å²) in [5, 5.41) is 13.3. The number of aliphatic hydroxyl groups is 1. The molecule has 4 rings (SSSR count). The molecule has 0 aromatic carbocycles. The normalized spacial score (nSPS) is 17.5. The van der Waals surface area contributed by atoms with Crippen LogP contribution in [0, 0.1) is 18.8 Å². The van der Waals surface area contributed by atoms with Gasteiger partial charge in [-0.1, -0.05) is 0 Å². The van der Waals surface area contributed by atoms with Gasteiger partial charge in [-0.25, -0.2) is 18.7 Å². The van der Waals surface area contributed by atoms with Crippen molar-refractivity contribution >= 4 is 17.6 Å². The van der Waals surface area contributed by atoms with Crippen molar-refractivity contribution in [2.75, 3.05) is 45.0 Å². The second-order valence-electron chi connectivity index (χ2n) is 10.7. The van der Waals surface area contributed by atoms with E-state index in [0.29, 0.717) is 50.8 Å². The van der Waals surface area contributed by atoms with Gasteiger partial charge in [-0.2, -0.15) is 0 Å². The molecule has 3 aromatic heterocycles. The largest absolute Gasteiger partial charge is 0.463 e. The van der Waals surface area contributed by atoms with E-state index in [1.54, 1.807) is 6.20 Å². The second kappa shape index (κ2) is 16.3. The minimum absolute atomic E-state index is 0.0351. The van der Waals surface area contributed by atoms with Gasteiger partial charge in [-0.15, -0.1) is 0 Å². The number of halogens is 2. The van der Waals surface area contributed by atoms with Crippen LogP contribution in [0.25, 0.3) is 11.3 Å². The van der Waals surface area contributed by atoms with E-state index in [2.05, 4.69) is 20.3 Å². The van der Waals surface area contributed by atoms with Gasteiger partial charge in [0.25, 0.3) is 6.43 Å². The van der Waals surface area contributed by atoms with Crippen LogP contribution in [0.3, 0.4) is 0 Å². The third kappa shape index (κ3) is 9.47. The molecule has 0 amide bonds. The van der Waals surface area contributed by atoms with Crippen LogP contribution < -0.4 is 5.32 Å². The highest BCUT2D eigenvalue weighted by Crippen LogP contribution is 2.38. The number of pyridine rings is 3. The minimum atomic E-state index is -2.59. The monoisotopic (exact) mass is 598 g/mol. The van der Waals surface area contributed by atoms with E-state index >= 15 is 0 Å². The fourth-order valence-electron chi connectivity index (χ4n) is 5.36. The van der Waals surface area contributed by atoms with Gasteiger partial charge in [0, 0.05) is 41.7 Å². The number of aryl methyl sites for hydroxylation is 1. The predicted molar refractivity (Wildman–Crippen MR) is 158 cm³/mol. The van der Waals surface area contributed by atoms with Crippen molar-refractivity contribution in [3.8, 4) is 11.3 Å². The highest BCUT2D eigenvalue weighted by atomic mass is 19.3. The van der Waals surface area contributed by atoms with Crippen molar-refractivity contribution in [1.29, 1.82) is 0 Å². The lowest BCUT2D eigenvalue weighted by Gasteiger charge is -2.32. The Balaban J connectivity index is 1.32. The molecule has 1 fully saturated rings. The molecule has 232 valence electrons. The molecular formula is C32H40F2N4O5. The van der Waals surface area contributed by atoms with E-state index in [4.69, 9.17) is 14.2 Å². The summed E-state index contributed by atoms with van der Waals surface area (Å²) in [6.07, 6.45) is 3.50. The number of aliphatic hydroxyl groups excluding tert-OH is 1. The number of hydrogen-bond donors (Lipinski definition) is 2. The minimum Gasteiger partial charge on any atom is -0.463 e. The first-order chi connectivity index (χ1) is 20.9. The Labute approximate surface area is 251 Å². The molecule has 0 radical (unpaired) electrons. The topological polar surface area (TPSA) is 116 Å². The standard InChI is InChI=1S/C32H40F2N4O5/c1-3-41-12-13-42-14-15-43-32(40)23-6-4-22(5-7-23)26(20-39)27-9-8-25(19-36-27)28-16-21(2)17-30(37-28)38-29-18-24(31(33)34)10-11-35-29/h8-11,16-19,22-23,26,31,39H,3-7,12-15,20H2,1-2H3,(H,35,37,38). The fourth-order valence-corrected chi connectivity index (χ4v) is 5.36. The first-order valence-corrected chi connectivity index (χ1v) is 14.8. The summed E-state index contributed by atoms with van der Waals surface area (Å²) >= 11 is 0. The molecule has 1 atom stereocenters. The quantitative estimate of drug-likeness (QED) is 0.160. The van der Waals surface area contributed by atoms with Crippen molar-refractivity contribution in [1.82, 2.24) is 15.0 Å². The Hall–Kier alpha value is -3.54. The van der Waals surface area contributed by atoms with Crippen LogP contribution in [0.15, 0.2) is 48.8 Å². The van der Waals surface area contributed by atoms with E-state index < -0.39 is 6.43 Å². The third-order valence-electron chi connectivity index (χ3n) is 7.64. The van der Waals surface area contributed by atoms with Crippen LogP contribution in [0.2, 0.25) is 0 Å². The lowest BCUT2D eigenvalue weighted by molar-refractivity contribution is -0.151. The molecule has 1 saturated carbocycles. The number of esters is 1. The first kappa shape index (κ1) is 32.4. The zero-order valence-electron chi connectivity index (χ0n) is 24.7. The number of carbonyl (C=O) groups excluding carboxylic acids is 1. The van der Waals surface area contributed by atoms with Crippen LogP contribution in [0.5, 0.6) is 0 Å². The Morgan fingerprint density at radius 1 is 1.00 bits per heavy atom. The van der Waals surface area contributed by atoms with Crippen molar-refractivity contribution in [3.05, 3.63) is 65.6 Å². The van der Waals surface area contributed by atoms with Crippen LogP contribution in [0.4, 0.5) is 20.4 Å². The number of carbonyl (C=O) groups is 1. The molecule has 11 heteroatoms. The SMILES string of the molecule is CCOCCOCCOC(=O)C1CCC(C(CO)c2ccc(-c3cc(C)cc(Nc4cc(C(F)F)ccn4)n3)cn2)CC1. The lowest BCUT2D eigenvalue weighted by atomic mass is 9.75. The van der Waals surface area contributed by atoms with Crippen LogP contribution >= 0.6 is 0 Å². The molecule has 3 heterocycles. The molecule has 1 unspecified atom stereocenters. The molecular weight excluding hydrogens is 558 g/mol. The van der Waals surface area contributed by atoms with Crippen LogP contribution in [-0.2, 0) is 19.0 Å². The van der Waals surface area contributed by atoms with Gasteiger partial charge >= 0.3 is 5.97 Å². The predicted octanol–water partition coefficient (Wildman–Crippen LogP) is 6.01. The third-order valence-corrected chi connectivity index (χ3v) is 7.64. The van der Waals surface area contributed by atoms with Crippen molar-refractivity contribution in [2.45, 2.75) is 51.9 Å². The Morgan fingerprint density at radius 2 is 1.77 bits per heavy atom. The average Bonchev–Trinajstić information content (AvgIpc) is 3.01. The average molecular weight is 599 g/mol. The van der Waals surface area contributed by atoms with Gasteiger partial charge in [0.15, 0.2) is 0 Å². The molecule has 0 saturated heterocycles. The molecule has 9 nitrogen and oxygen atoms in total. The lowest BCUT2D eigenvalue weighted by Crippen LogP contribution is -2.28. The molecule has 0 spiro atoms. The van der Waals surface area contributed by atoms with Crippen LogP contribution in [0.1, 0.15) is 61.8 Å². The summed E-state index contributed by atoms with van der Waals surface area (Å²) in [6.45, 7) is 6.05. The summed E-state index contributed by atoms with van der Waals surface area (Å²) in [7, 11) is 0. The van der Waals surface area contributed by atoms with Gasteiger partial charge < -0.3 is 24.6 Å². The molecule has 3 aromatic rings. The Kier molecular flexibility index (Phi) is 12.3. The molecule has 1 aliphatic rings. The van der Waals surface area contributed by atoms with Crippen molar-refractivity contribution in [3.63, 3.8) is 0 Å². The fraction of sp³-hybridized carbons (Fsp3) is 0.500.